The average molecular weight is 200 g/mol. The molecule has 2 nitrogen and oxygen atoms in total. The molecule has 0 amide bonds. The first-order valence-electron chi connectivity index (χ1n) is 5.02. The molecule has 0 bridgehead atoms. The van der Waals surface area contributed by atoms with Gasteiger partial charge in [-0.15, -0.1) is 0 Å². The highest BCUT2D eigenvalue weighted by atomic mass is 16.4. The third kappa shape index (κ3) is 1.76. The van der Waals surface area contributed by atoms with Crippen molar-refractivity contribution in [2.24, 2.45) is 0 Å². The summed E-state index contributed by atoms with van der Waals surface area (Å²) < 4.78 is 0. The van der Waals surface area contributed by atoms with Gasteiger partial charge in [0, 0.05) is 0 Å². The van der Waals surface area contributed by atoms with Gasteiger partial charge in [0.15, 0.2) is 0 Å². The summed E-state index contributed by atoms with van der Waals surface area (Å²) in [5.74, 6) is 0. The van der Waals surface area contributed by atoms with Crippen molar-refractivity contribution in [3.05, 3.63) is 60.2 Å². The molecule has 1 aliphatic rings. The fraction of sp³-hybridized carbons (Fsp3) is 0.167. The van der Waals surface area contributed by atoms with Gasteiger partial charge in [0.25, 0.3) is 0 Å². The van der Waals surface area contributed by atoms with Crippen LogP contribution in [0, 0.1) is 0 Å². The molecule has 1 aromatic carbocycles. The summed E-state index contributed by atoms with van der Waals surface area (Å²) in [7, 11) is -1.37. The molecule has 0 spiro atoms. The Bertz CT molecular complexity index is 384. The second kappa shape index (κ2) is 4.05. The van der Waals surface area contributed by atoms with Gasteiger partial charge < -0.3 is 10.0 Å². The van der Waals surface area contributed by atoms with Crippen LogP contribution in [0.25, 0.3) is 0 Å². The summed E-state index contributed by atoms with van der Waals surface area (Å²) in [6.07, 6.45) is 8.20. The van der Waals surface area contributed by atoms with E-state index in [9.17, 15) is 10.0 Å². The van der Waals surface area contributed by atoms with Crippen LogP contribution in [0.2, 0.25) is 0 Å². The molecule has 0 aromatic heterocycles. The van der Waals surface area contributed by atoms with Crippen molar-refractivity contribution >= 4 is 7.12 Å². The van der Waals surface area contributed by atoms with Crippen molar-refractivity contribution in [2.75, 3.05) is 0 Å². The minimum atomic E-state index is -1.37. The summed E-state index contributed by atoms with van der Waals surface area (Å²) in [6, 6.07) is 9.58. The molecule has 0 heterocycles. The minimum Gasteiger partial charge on any atom is -0.426 e. The molecule has 0 saturated heterocycles. The van der Waals surface area contributed by atoms with Crippen LogP contribution in [0.3, 0.4) is 0 Å². The minimum absolute atomic E-state index is 0.616. The van der Waals surface area contributed by atoms with Crippen molar-refractivity contribution in [1.82, 2.24) is 0 Å². The van der Waals surface area contributed by atoms with E-state index in [0.717, 1.165) is 5.56 Å². The van der Waals surface area contributed by atoms with E-state index < -0.39 is 12.4 Å². The Labute approximate surface area is 89.7 Å². The summed E-state index contributed by atoms with van der Waals surface area (Å²) in [4.78, 5) is 0. The van der Waals surface area contributed by atoms with E-state index in [-0.39, 0.29) is 0 Å². The van der Waals surface area contributed by atoms with Gasteiger partial charge in [-0.25, -0.2) is 0 Å². The van der Waals surface area contributed by atoms with Crippen molar-refractivity contribution in [3.63, 3.8) is 0 Å². The molecule has 15 heavy (non-hydrogen) atoms. The summed E-state index contributed by atoms with van der Waals surface area (Å²) >= 11 is 0. The quantitative estimate of drug-likeness (QED) is 0.709. The average Bonchev–Trinajstić information content (AvgIpc) is 2.31. The Balaban J connectivity index is 2.44. The maximum Gasteiger partial charge on any atom is 0.467 e. The number of hydrogen-bond acceptors (Lipinski definition) is 2. The van der Waals surface area contributed by atoms with Gasteiger partial charge in [-0.05, 0) is 12.0 Å². The maximum absolute atomic E-state index is 9.55. The van der Waals surface area contributed by atoms with Gasteiger partial charge >= 0.3 is 7.12 Å². The van der Waals surface area contributed by atoms with Crippen molar-refractivity contribution in [3.8, 4) is 0 Å². The van der Waals surface area contributed by atoms with E-state index in [1.54, 1.807) is 0 Å². The second-order valence-corrected chi connectivity index (χ2v) is 3.77. The molecular weight excluding hydrogens is 187 g/mol. The lowest BCUT2D eigenvalue weighted by molar-refractivity contribution is 0.363. The van der Waals surface area contributed by atoms with Crippen LogP contribution in [0.15, 0.2) is 54.6 Å². The zero-order valence-electron chi connectivity index (χ0n) is 8.38. The number of rotatable bonds is 2. The molecule has 0 aliphatic heterocycles. The fourth-order valence-electron chi connectivity index (χ4n) is 1.94. The lowest BCUT2D eigenvalue weighted by Gasteiger charge is -2.30. The fourth-order valence-corrected chi connectivity index (χ4v) is 1.94. The number of allylic oxidation sites excluding steroid dienone is 4. The number of benzene rings is 1. The van der Waals surface area contributed by atoms with Crippen LogP contribution in [-0.4, -0.2) is 17.2 Å². The van der Waals surface area contributed by atoms with Crippen molar-refractivity contribution < 1.29 is 10.0 Å². The smallest absolute Gasteiger partial charge is 0.426 e. The Kier molecular flexibility index (Phi) is 2.76. The predicted molar refractivity (Wildman–Crippen MR) is 61.2 cm³/mol. The monoisotopic (exact) mass is 200 g/mol. The lowest BCUT2D eigenvalue weighted by Crippen LogP contribution is -2.42. The first kappa shape index (κ1) is 10.2. The molecule has 2 rings (SSSR count). The Morgan fingerprint density at radius 1 is 1.07 bits per heavy atom. The van der Waals surface area contributed by atoms with Crippen LogP contribution < -0.4 is 0 Å². The molecule has 0 radical (unpaired) electrons. The van der Waals surface area contributed by atoms with E-state index >= 15 is 0 Å². The SMILES string of the molecule is OB(O)C1(c2ccccc2)C=CC=CC1. The van der Waals surface area contributed by atoms with E-state index in [1.807, 2.05) is 54.6 Å². The van der Waals surface area contributed by atoms with Gasteiger partial charge in [-0.2, -0.15) is 0 Å². The highest BCUT2D eigenvalue weighted by Crippen LogP contribution is 2.33. The standard InChI is InChI=1S/C12H13BO2/c14-13(15)12(9-5-2-6-10-12)11-7-3-1-4-8-11/h1-9,14-15H,10H2. The second-order valence-electron chi connectivity index (χ2n) is 3.77. The Morgan fingerprint density at radius 2 is 1.80 bits per heavy atom. The van der Waals surface area contributed by atoms with E-state index in [2.05, 4.69) is 0 Å². The zero-order chi connectivity index (χ0) is 10.7. The highest BCUT2D eigenvalue weighted by molar-refractivity contribution is 6.46. The molecule has 0 fully saturated rings. The zero-order valence-corrected chi connectivity index (χ0v) is 8.38. The Morgan fingerprint density at radius 3 is 2.33 bits per heavy atom. The van der Waals surface area contributed by atoms with Crippen molar-refractivity contribution in [1.29, 1.82) is 0 Å². The molecule has 0 saturated carbocycles. The van der Waals surface area contributed by atoms with Crippen LogP contribution >= 0.6 is 0 Å². The van der Waals surface area contributed by atoms with Crippen molar-refractivity contribution in [2.45, 2.75) is 11.7 Å². The number of hydrogen-bond donors (Lipinski definition) is 2. The normalized spacial score (nSPS) is 24.1. The van der Waals surface area contributed by atoms with Crippen LogP contribution in [-0.2, 0) is 5.31 Å². The molecule has 2 N–H and O–H groups in total. The molecule has 1 aromatic rings. The predicted octanol–water partition coefficient (Wildman–Crippen LogP) is 1.45. The molecule has 1 unspecified atom stereocenters. The van der Waals surface area contributed by atoms with Crippen LogP contribution in [0.5, 0.6) is 0 Å². The van der Waals surface area contributed by atoms with Crippen LogP contribution in [0.1, 0.15) is 12.0 Å². The Hall–Kier alpha value is -1.32. The molecule has 1 aliphatic carbocycles. The van der Waals surface area contributed by atoms with Crippen LogP contribution in [0.4, 0.5) is 0 Å². The summed E-state index contributed by atoms with van der Waals surface area (Å²) in [5, 5.41) is 18.4. The lowest BCUT2D eigenvalue weighted by atomic mass is 9.52. The third-order valence-corrected chi connectivity index (χ3v) is 2.87. The molecule has 1 atom stereocenters. The molecule has 3 heteroatoms. The van der Waals surface area contributed by atoms with Gasteiger partial charge in [-0.3, -0.25) is 0 Å². The van der Waals surface area contributed by atoms with Gasteiger partial charge in [0.2, 0.25) is 0 Å². The van der Waals surface area contributed by atoms with Gasteiger partial charge in [-0.1, -0.05) is 54.6 Å². The van der Waals surface area contributed by atoms with E-state index in [0.29, 0.717) is 6.42 Å². The van der Waals surface area contributed by atoms with E-state index in [4.69, 9.17) is 0 Å². The largest absolute Gasteiger partial charge is 0.467 e. The topological polar surface area (TPSA) is 40.5 Å². The molecule has 76 valence electrons. The summed E-state index contributed by atoms with van der Waals surface area (Å²) in [5.41, 5.74) is 0.931. The first-order valence-corrected chi connectivity index (χ1v) is 5.02. The molecular formula is C12H13BO2. The van der Waals surface area contributed by atoms with Gasteiger partial charge in [0.1, 0.15) is 0 Å². The maximum atomic E-state index is 9.55. The summed E-state index contributed by atoms with van der Waals surface area (Å²) in [6.45, 7) is 0. The highest BCUT2D eigenvalue weighted by Gasteiger charge is 2.40. The van der Waals surface area contributed by atoms with Gasteiger partial charge in [0.05, 0.1) is 5.31 Å². The first-order chi connectivity index (χ1) is 7.26. The third-order valence-electron chi connectivity index (χ3n) is 2.87. The van der Waals surface area contributed by atoms with E-state index in [1.165, 1.54) is 0 Å².